The third-order valence-electron chi connectivity index (χ3n) is 5.26. The van der Waals surface area contributed by atoms with Crippen molar-refractivity contribution in [2.75, 3.05) is 5.32 Å². The second-order valence-electron chi connectivity index (χ2n) is 7.61. The van der Waals surface area contributed by atoms with Crippen molar-refractivity contribution in [2.24, 2.45) is 0 Å². The van der Waals surface area contributed by atoms with Crippen LogP contribution in [0.1, 0.15) is 15.9 Å². The number of halogens is 1. The summed E-state index contributed by atoms with van der Waals surface area (Å²) >= 11 is 6.06. The van der Waals surface area contributed by atoms with Gasteiger partial charge in [-0.25, -0.2) is 0 Å². The monoisotopic (exact) mass is 454 g/mol. The number of rotatable bonds is 5. The summed E-state index contributed by atoms with van der Waals surface area (Å²) in [7, 11) is 0. The van der Waals surface area contributed by atoms with Crippen LogP contribution in [0.25, 0.3) is 16.9 Å². The molecule has 0 aromatic heterocycles. The van der Waals surface area contributed by atoms with Gasteiger partial charge in [0.15, 0.2) is 0 Å². The highest BCUT2D eigenvalue weighted by molar-refractivity contribution is 6.31. The molecular weight excluding hydrogens is 436 g/mol. The molecular formula is C26H19ClN4O2. The van der Waals surface area contributed by atoms with Gasteiger partial charge in [0.05, 0.1) is 16.8 Å². The lowest BCUT2D eigenvalue weighted by atomic mass is 10.1. The van der Waals surface area contributed by atoms with Gasteiger partial charge < -0.3 is 9.88 Å². The second-order valence-corrected chi connectivity index (χ2v) is 8.05. The number of amides is 1. The van der Waals surface area contributed by atoms with E-state index in [1.54, 1.807) is 48.8 Å². The molecule has 0 spiro atoms. The zero-order valence-corrected chi connectivity index (χ0v) is 18.2. The summed E-state index contributed by atoms with van der Waals surface area (Å²) in [6.07, 6.45) is 3.46. The molecule has 0 fully saturated rings. The van der Waals surface area contributed by atoms with Crippen LogP contribution in [-0.4, -0.2) is 20.3 Å². The van der Waals surface area contributed by atoms with Crippen LogP contribution in [0, 0.1) is 0 Å². The Morgan fingerprint density at radius 1 is 0.909 bits per heavy atom. The number of anilines is 1. The standard InChI is InChI=1S/C26H19ClN4O2/c27-19-10-7-11-20(14-19)28-25(32)22-16-30(15-18-8-3-1-4-9-18)17-23-24(22)29-31(26(23)33)21-12-5-2-6-13-21/h1-14,16-17H,15H2,(H,28,32). The highest BCUT2D eigenvalue weighted by Crippen LogP contribution is 2.24. The van der Waals surface area contributed by atoms with E-state index in [9.17, 15) is 9.59 Å². The lowest BCUT2D eigenvalue weighted by Gasteiger charge is -2.13. The number of hydrogen-bond acceptors (Lipinski definition) is 3. The Kier molecular flexibility index (Phi) is 5.50. The van der Waals surface area contributed by atoms with Crippen molar-refractivity contribution in [1.29, 1.82) is 0 Å². The molecule has 0 aliphatic carbocycles. The van der Waals surface area contributed by atoms with E-state index in [4.69, 9.17) is 11.6 Å². The number of benzene rings is 3. The third kappa shape index (κ3) is 4.29. The van der Waals surface area contributed by atoms with Crippen molar-refractivity contribution in [3.63, 3.8) is 0 Å². The summed E-state index contributed by atoms with van der Waals surface area (Å²) in [4.78, 5) is 26.5. The molecule has 33 heavy (non-hydrogen) atoms. The SMILES string of the molecule is O=C(Nc1cccc(Cl)c1)c1cn(Cc2ccccc2)cc2c(=O)n(-c3ccccc3)nc1-2. The molecule has 0 saturated heterocycles. The first kappa shape index (κ1) is 20.7. The largest absolute Gasteiger partial charge is 0.348 e. The van der Waals surface area contributed by atoms with Crippen LogP contribution in [0.15, 0.2) is 102 Å². The summed E-state index contributed by atoms with van der Waals surface area (Å²) in [6.45, 7) is 0.504. The van der Waals surface area contributed by atoms with E-state index < -0.39 is 0 Å². The Morgan fingerprint density at radius 2 is 1.64 bits per heavy atom. The number of fused-ring (bicyclic) bond motifs is 1. The maximum atomic E-state index is 13.3. The Balaban J connectivity index is 1.63. The van der Waals surface area contributed by atoms with E-state index in [0.717, 1.165) is 5.56 Å². The van der Waals surface area contributed by atoms with Crippen LogP contribution in [-0.2, 0) is 6.54 Å². The van der Waals surface area contributed by atoms with Crippen LogP contribution in [0.2, 0.25) is 5.02 Å². The molecule has 0 saturated carbocycles. The molecule has 162 valence electrons. The average molecular weight is 455 g/mol. The molecule has 0 unspecified atom stereocenters. The van der Waals surface area contributed by atoms with E-state index in [0.29, 0.717) is 39.8 Å². The summed E-state index contributed by atoms with van der Waals surface area (Å²) < 4.78 is 3.16. The number of pyridine rings is 1. The van der Waals surface area contributed by atoms with Gasteiger partial charge in [-0.2, -0.15) is 9.78 Å². The van der Waals surface area contributed by atoms with Crippen molar-refractivity contribution in [3.05, 3.63) is 124 Å². The van der Waals surface area contributed by atoms with E-state index in [2.05, 4.69) is 10.4 Å². The fraction of sp³-hybridized carbons (Fsp3) is 0.0385. The Morgan fingerprint density at radius 3 is 2.36 bits per heavy atom. The van der Waals surface area contributed by atoms with Crippen molar-refractivity contribution in [1.82, 2.24) is 14.3 Å². The molecule has 1 amide bonds. The quantitative estimate of drug-likeness (QED) is 0.402. The number of aromatic nitrogens is 3. The van der Waals surface area contributed by atoms with Crippen molar-refractivity contribution in [2.45, 2.75) is 6.54 Å². The first-order chi connectivity index (χ1) is 16.1. The van der Waals surface area contributed by atoms with E-state index in [1.807, 2.05) is 53.1 Å². The predicted molar refractivity (Wildman–Crippen MR) is 129 cm³/mol. The maximum absolute atomic E-state index is 13.3. The number of nitrogens with zero attached hydrogens (tertiary/aromatic N) is 3. The highest BCUT2D eigenvalue weighted by atomic mass is 35.5. The van der Waals surface area contributed by atoms with Gasteiger partial charge in [0.25, 0.3) is 11.5 Å². The van der Waals surface area contributed by atoms with E-state index >= 15 is 0 Å². The van der Waals surface area contributed by atoms with Gasteiger partial charge in [-0.15, -0.1) is 0 Å². The van der Waals surface area contributed by atoms with Crippen LogP contribution >= 0.6 is 11.6 Å². The zero-order valence-electron chi connectivity index (χ0n) is 17.5. The number of carbonyl (C=O) groups is 1. The normalized spacial score (nSPS) is 10.9. The minimum atomic E-state index is -0.373. The fourth-order valence-corrected chi connectivity index (χ4v) is 3.91. The molecule has 2 aliphatic rings. The fourth-order valence-electron chi connectivity index (χ4n) is 3.72. The minimum Gasteiger partial charge on any atom is -0.348 e. The Labute approximate surface area is 195 Å². The molecule has 0 bridgehead atoms. The van der Waals surface area contributed by atoms with Gasteiger partial charge in [-0.3, -0.25) is 9.59 Å². The number of nitrogens with one attached hydrogen (secondary N) is 1. The van der Waals surface area contributed by atoms with E-state index in [1.165, 1.54) is 4.68 Å². The molecule has 0 radical (unpaired) electrons. The highest BCUT2D eigenvalue weighted by Gasteiger charge is 2.24. The molecule has 6 nitrogen and oxygen atoms in total. The summed E-state index contributed by atoms with van der Waals surface area (Å²) in [5, 5.41) is 7.89. The van der Waals surface area contributed by atoms with Gasteiger partial charge in [-0.1, -0.05) is 66.2 Å². The Hall–Kier alpha value is -4.16. The number of para-hydroxylation sites is 1. The molecule has 0 atom stereocenters. The first-order valence-electron chi connectivity index (χ1n) is 10.4. The van der Waals surface area contributed by atoms with E-state index in [-0.39, 0.29) is 11.5 Å². The lowest BCUT2D eigenvalue weighted by Crippen LogP contribution is -2.18. The van der Waals surface area contributed by atoms with Crippen LogP contribution in [0.4, 0.5) is 5.69 Å². The number of carbonyl (C=O) groups excluding carboxylic acids is 1. The minimum absolute atomic E-state index is 0.282. The van der Waals surface area contributed by atoms with Gasteiger partial charge in [0.2, 0.25) is 0 Å². The molecule has 3 aromatic rings. The topological polar surface area (TPSA) is 68.9 Å². The predicted octanol–water partition coefficient (Wildman–Crippen LogP) is 5.09. The van der Waals surface area contributed by atoms with Crippen LogP contribution in [0.3, 0.4) is 0 Å². The molecule has 7 heteroatoms. The van der Waals surface area contributed by atoms with Crippen LogP contribution in [0.5, 0.6) is 0 Å². The zero-order chi connectivity index (χ0) is 22.8. The molecule has 1 N–H and O–H groups in total. The third-order valence-corrected chi connectivity index (χ3v) is 5.49. The average Bonchev–Trinajstić information content (AvgIpc) is 3.16. The van der Waals surface area contributed by atoms with Crippen molar-refractivity contribution in [3.8, 4) is 16.9 Å². The van der Waals surface area contributed by atoms with Gasteiger partial charge in [0, 0.05) is 29.6 Å². The number of hydrogen-bond donors (Lipinski definition) is 1. The van der Waals surface area contributed by atoms with Gasteiger partial charge in [0.1, 0.15) is 5.69 Å². The summed E-state index contributed by atoms with van der Waals surface area (Å²) in [6, 6.07) is 25.9. The second kappa shape index (κ2) is 8.76. The van der Waals surface area contributed by atoms with Crippen molar-refractivity contribution >= 4 is 23.2 Å². The Bertz CT molecular complexity index is 1460. The smallest absolute Gasteiger partial charge is 0.282 e. The van der Waals surface area contributed by atoms with Gasteiger partial charge >= 0.3 is 0 Å². The lowest BCUT2D eigenvalue weighted by molar-refractivity contribution is 0.102. The molecule has 5 rings (SSSR count). The van der Waals surface area contributed by atoms with Crippen molar-refractivity contribution < 1.29 is 4.79 Å². The van der Waals surface area contributed by atoms with Gasteiger partial charge in [-0.05, 0) is 35.9 Å². The maximum Gasteiger partial charge on any atom is 0.282 e. The molecule has 2 aliphatic heterocycles. The molecule has 3 aromatic carbocycles. The van der Waals surface area contributed by atoms with Crippen LogP contribution < -0.4 is 10.9 Å². The molecule has 2 heterocycles. The summed E-state index contributed by atoms with van der Waals surface area (Å²) in [5.74, 6) is -0.373. The summed E-state index contributed by atoms with van der Waals surface area (Å²) in [5.41, 5.74) is 2.97. The first-order valence-corrected chi connectivity index (χ1v) is 10.8.